The fourth-order valence-corrected chi connectivity index (χ4v) is 8.37. The van der Waals surface area contributed by atoms with Gasteiger partial charge in [-0.15, -0.1) is 0 Å². The molecule has 0 saturated carbocycles. The summed E-state index contributed by atoms with van der Waals surface area (Å²) in [6.07, 6.45) is 90.3. The Morgan fingerprint density at radius 2 is 0.532 bits per heavy atom. The minimum Gasteiger partial charge on any atom is -0.462 e. The fraction of sp³-hybridized carbons (Fsp3) is 0.648. The number of ether oxygens (including phenoxy) is 3. The van der Waals surface area contributed by atoms with Crippen molar-refractivity contribution >= 4 is 17.9 Å². The third-order valence-corrected chi connectivity index (χ3v) is 13.1. The van der Waals surface area contributed by atoms with Crippen molar-refractivity contribution in [3.63, 3.8) is 0 Å². The van der Waals surface area contributed by atoms with Crippen molar-refractivity contribution in [1.82, 2.24) is 0 Å². The molecule has 436 valence electrons. The van der Waals surface area contributed by atoms with Gasteiger partial charge in [0.25, 0.3) is 0 Å². The van der Waals surface area contributed by atoms with E-state index in [-0.39, 0.29) is 37.5 Å². The van der Waals surface area contributed by atoms with Crippen LogP contribution in [0.3, 0.4) is 0 Å². The van der Waals surface area contributed by atoms with Gasteiger partial charge in [-0.05, 0) is 135 Å². The molecule has 0 radical (unpaired) electrons. The summed E-state index contributed by atoms with van der Waals surface area (Å²) in [6.45, 7) is 6.40. The van der Waals surface area contributed by atoms with Crippen LogP contribution in [-0.2, 0) is 28.6 Å². The first kappa shape index (κ1) is 72.5. The number of carbonyl (C=O) groups excluding carboxylic acids is 3. The summed E-state index contributed by atoms with van der Waals surface area (Å²) in [6, 6.07) is 0. The lowest BCUT2D eigenvalue weighted by Crippen LogP contribution is -2.30. The van der Waals surface area contributed by atoms with Gasteiger partial charge in [-0.3, -0.25) is 14.4 Å². The number of carbonyl (C=O) groups is 3. The Morgan fingerprint density at radius 3 is 0.870 bits per heavy atom. The number of esters is 3. The summed E-state index contributed by atoms with van der Waals surface area (Å²) < 4.78 is 16.9. The first-order valence-corrected chi connectivity index (χ1v) is 31.7. The van der Waals surface area contributed by atoms with E-state index in [1.807, 2.05) is 0 Å². The molecule has 0 aliphatic carbocycles. The average Bonchev–Trinajstić information content (AvgIpc) is 3.43. The molecule has 0 fully saturated rings. The van der Waals surface area contributed by atoms with Crippen LogP contribution in [0.15, 0.2) is 134 Å². The Morgan fingerprint density at radius 1 is 0.273 bits per heavy atom. The van der Waals surface area contributed by atoms with Gasteiger partial charge < -0.3 is 14.2 Å². The maximum Gasteiger partial charge on any atom is 0.306 e. The van der Waals surface area contributed by atoms with E-state index in [2.05, 4.69) is 154 Å². The number of rotatable bonds is 56. The van der Waals surface area contributed by atoms with Crippen LogP contribution in [0.5, 0.6) is 0 Å². The lowest BCUT2D eigenvalue weighted by molar-refractivity contribution is -0.167. The molecule has 1 atom stereocenters. The van der Waals surface area contributed by atoms with Crippen LogP contribution in [0.4, 0.5) is 0 Å². The standard InChI is InChI=1S/C71H116O6/c1-4-7-10-13-16-19-22-25-27-29-31-33-34-35-36-38-39-41-43-46-49-52-55-58-61-64-70(73)76-67-68(66-75-69(72)63-60-57-54-51-48-45-24-21-18-15-12-9-6-3)77-71(74)65-62-59-56-53-50-47-44-42-40-37-32-30-28-26-23-20-17-14-11-8-5-2/h8,11-12,15,17,20-22,24-26,28-29,31-32,34-35,37,42,44,50,53,68H,4-7,9-10,13-14,16,18-19,23,27,30,33,36,38-41,43,45-49,51-52,54-67H2,1-3H3/b11-8-,15-12-,20-17-,24-21-,25-22-,28-26-,31-29-,35-34-,37-32-,44-42-,53-50-. The Hall–Kier alpha value is -4.45. The van der Waals surface area contributed by atoms with E-state index in [4.69, 9.17) is 14.2 Å². The molecule has 0 aliphatic heterocycles. The lowest BCUT2D eigenvalue weighted by atomic mass is 10.1. The van der Waals surface area contributed by atoms with Gasteiger partial charge in [0, 0.05) is 19.3 Å². The van der Waals surface area contributed by atoms with Gasteiger partial charge >= 0.3 is 17.9 Å². The van der Waals surface area contributed by atoms with E-state index in [0.29, 0.717) is 19.3 Å². The van der Waals surface area contributed by atoms with Crippen LogP contribution in [0, 0.1) is 0 Å². The van der Waals surface area contributed by atoms with Crippen LogP contribution >= 0.6 is 0 Å². The second-order valence-corrected chi connectivity index (χ2v) is 20.6. The Bertz CT molecular complexity index is 1650. The van der Waals surface area contributed by atoms with Crippen molar-refractivity contribution < 1.29 is 28.6 Å². The Labute approximate surface area is 475 Å². The van der Waals surface area contributed by atoms with Gasteiger partial charge in [-0.2, -0.15) is 0 Å². The van der Waals surface area contributed by atoms with Crippen molar-refractivity contribution in [3.8, 4) is 0 Å². The molecule has 0 bridgehead atoms. The van der Waals surface area contributed by atoms with Crippen molar-refractivity contribution in [2.75, 3.05) is 13.2 Å². The van der Waals surface area contributed by atoms with E-state index in [0.717, 1.165) is 135 Å². The first-order valence-electron chi connectivity index (χ1n) is 31.7. The zero-order valence-corrected chi connectivity index (χ0v) is 49.9. The van der Waals surface area contributed by atoms with Gasteiger partial charge in [-0.25, -0.2) is 0 Å². The highest BCUT2D eigenvalue weighted by Crippen LogP contribution is 2.15. The van der Waals surface area contributed by atoms with Crippen molar-refractivity contribution in [3.05, 3.63) is 134 Å². The Balaban J connectivity index is 4.43. The molecule has 0 saturated heterocycles. The number of allylic oxidation sites excluding steroid dienone is 22. The van der Waals surface area contributed by atoms with E-state index in [1.165, 1.54) is 96.3 Å². The minimum atomic E-state index is -0.815. The van der Waals surface area contributed by atoms with Crippen LogP contribution in [0.2, 0.25) is 0 Å². The normalized spacial score (nSPS) is 13.0. The molecule has 0 aromatic heterocycles. The minimum absolute atomic E-state index is 0.106. The van der Waals surface area contributed by atoms with Crippen LogP contribution in [-0.4, -0.2) is 37.2 Å². The summed E-state index contributed by atoms with van der Waals surface area (Å²) in [5.41, 5.74) is 0. The smallest absolute Gasteiger partial charge is 0.306 e. The van der Waals surface area contributed by atoms with Gasteiger partial charge in [0.15, 0.2) is 6.10 Å². The predicted molar refractivity (Wildman–Crippen MR) is 334 cm³/mol. The zero-order chi connectivity index (χ0) is 55.7. The lowest BCUT2D eigenvalue weighted by Gasteiger charge is -2.18. The third kappa shape index (κ3) is 62.3. The zero-order valence-electron chi connectivity index (χ0n) is 49.9. The highest BCUT2D eigenvalue weighted by atomic mass is 16.6. The molecule has 6 heteroatoms. The quantitative estimate of drug-likeness (QED) is 0.0261. The summed E-state index contributed by atoms with van der Waals surface area (Å²) in [5, 5.41) is 0. The summed E-state index contributed by atoms with van der Waals surface area (Å²) >= 11 is 0. The van der Waals surface area contributed by atoms with Gasteiger partial charge in [-0.1, -0.05) is 257 Å². The molecule has 0 N–H and O–H groups in total. The molecule has 0 heterocycles. The van der Waals surface area contributed by atoms with Crippen LogP contribution in [0.1, 0.15) is 278 Å². The number of hydrogen-bond acceptors (Lipinski definition) is 6. The maximum atomic E-state index is 12.9. The van der Waals surface area contributed by atoms with Crippen molar-refractivity contribution in [2.45, 2.75) is 284 Å². The average molecular weight is 1070 g/mol. The van der Waals surface area contributed by atoms with Gasteiger partial charge in [0.1, 0.15) is 13.2 Å². The van der Waals surface area contributed by atoms with Gasteiger partial charge in [0.2, 0.25) is 0 Å². The molecule has 0 aliphatic rings. The van der Waals surface area contributed by atoms with Crippen LogP contribution < -0.4 is 0 Å². The Kier molecular flexibility index (Phi) is 60.4. The highest BCUT2D eigenvalue weighted by molar-refractivity contribution is 5.71. The number of unbranched alkanes of at least 4 members (excludes halogenated alkanes) is 23. The molecule has 0 aromatic carbocycles. The van der Waals surface area contributed by atoms with E-state index < -0.39 is 6.10 Å². The molecule has 0 aromatic rings. The van der Waals surface area contributed by atoms with Crippen molar-refractivity contribution in [2.24, 2.45) is 0 Å². The second kappa shape index (κ2) is 64.1. The van der Waals surface area contributed by atoms with Crippen molar-refractivity contribution in [1.29, 1.82) is 0 Å². The molecular formula is C71H116O6. The summed E-state index contributed by atoms with van der Waals surface area (Å²) in [5.74, 6) is -0.968. The number of hydrogen-bond donors (Lipinski definition) is 0. The van der Waals surface area contributed by atoms with Gasteiger partial charge in [0.05, 0.1) is 0 Å². The van der Waals surface area contributed by atoms with E-state index in [1.54, 1.807) is 0 Å². The topological polar surface area (TPSA) is 78.9 Å². The second-order valence-electron chi connectivity index (χ2n) is 20.6. The van der Waals surface area contributed by atoms with Crippen LogP contribution in [0.25, 0.3) is 0 Å². The molecular weight excluding hydrogens is 949 g/mol. The first-order chi connectivity index (χ1) is 38.0. The SMILES string of the molecule is CC/C=C\C/C=C\C/C=C\C/C=C\C/C=C\C/C=C\CCCCC(=O)OC(COC(=O)CCCCCCC/C=C\C/C=C\CCC)COC(=O)CCCCCCCCCCCC/C=C\C/C=C\C/C=C\CCCCCCC. The fourth-order valence-electron chi connectivity index (χ4n) is 8.37. The molecule has 6 nitrogen and oxygen atoms in total. The third-order valence-electron chi connectivity index (χ3n) is 13.1. The molecule has 0 amide bonds. The monoisotopic (exact) mass is 1060 g/mol. The largest absolute Gasteiger partial charge is 0.462 e. The molecule has 77 heavy (non-hydrogen) atoms. The molecule has 0 rings (SSSR count). The molecule has 1 unspecified atom stereocenters. The predicted octanol–water partition coefficient (Wildman–Crippen LogP) is 21.8. The van der Waals surface area contributed by atoms with E-state index >= 15 is 0 Å². The van der Waals surface area contributed by atoms with E-state index in [9.17, 15) is 14.4 Å². The highest BCUT2D eigenvalue weighted by Gasteiger charge is 2.19. The molecule has 0 spiro atoms. The summed E-state index contributed by atoms with van der Waals surface area (Å²) in [4.78, 5) is 38.3. The summed E-state index contributed by atoms with van der Waals surface area (Å²) in [7, 11) is 0. The maximum absolute atomic E-state index is 12.9.